The first-order chi connectivity index (χ1) is 16.8. The first-order valence-corrected chi connectivity index (χ1v) is 11.3. The Labute approximate surface area is 211 Å². The van der Waals surface area contributed by atoms with E-state index in [0.29, 0.717) is 22.1 Å². The zero-order valence-corrected chi connectivity index (χ0v) is 20.3. The normalized spacial score (nSPS) is 14.8. The number of benzene rings is 3. The summed E-state index contributed by atoms with van der Waals surface area (Å²) in [6.07, 6.45) is 1.34. The van der Waals surface area contributed by atoms with Crippen molar-refractivity contribution in [1.29, 1.82) is 0 Å². The fraction of sp³-hybridized carbons (Fsp3) is 0.115. The molecule has 3 aromatic carbocycles. The number of carbonyl (C=O) groups excluding carboxylic acids is 3. The number of amides is 4. The summed E-state index contributed by atoms with van der Waals surface area (Å²) in [4.78, 5) is 38.8. The van der Waals surface area contributed by atoms with Gasteiger partial charge in [-0.05, 0) is 60.5 Å². The number of urea groups is 1. The molecule has 4 amide bonds. The molecule has 0 unspecified atom stereocenters. The Morgan fingerprint density at radius 2 is 1.66 bits per heavy atom. The Morgan fingerprint density at radius 3 is 2.31 bits per heavy atom. The number of nitrogens with one attached hydrogen (secondary N) is 1. The fourth-order valence-electron chi connectivity index (χ4n) is 3.45. The molecule has 1 heterocycles. The average Bonchev–Trinajstić information content (AvgIpc) is 2.83. The standard InChI is InChI=1S/C26H20Cl2N2O5/c1-15-3-5-16(6-4-15)14-35-23-21(28)12-17(13-22(23)34-2)11-20-24(31)29-26(33)30(25(20)32)19-9-7-18(27)8-10-19/h3-13H,14H2,1-2H3,(H,29,31,33). The summed E-state index contributed by atoms with van der Waals surface area (Å²) in [6, 6.07) is 16.3. The molecule has 4 rings (SSSR count). The smallest absolute Gasteiger partial charge is 0.335 e. The molecule has 0 aromatic heterocycles. The Hall–Kier alpha value is -3.81. The first-order valence-electron chi connectivity index (χ1n) is 10.5. The topological polar surface area (TPSA) is 84.9 Å². The molecule has 1 aliphatic heterocycles. The molecule has 1 aliphatic rings. The van der Waals surface area contributed by atoms with Gasteiger partial charge in [-0.1, -0.05) is 53.0 Å². The molecule has 0 aliphatic carbocycles. The third-order valence-corrected chi connectivity index (χ3v) is 5.79. The van der Waals surface area contributed by atoms with Crippen LogP contribution in [0.4, 0.5) is 10.5 Å². The van der Waals surface area contributed by atoms with Gasteiger partial charge in [0.2, 0.25) is 0 Å². The van der Waals surface area contributed by atoms with Crippen LogP contribution in [0, 0.1) is 6.92 Å². The monoisotopic (exact) mass is 510 g/mol. The molecule has 0 atom stereocenters. The maximum atomic E-state index is 13.1. The molecule has 178 valence electrons. The molecule has 1 saturated heterocycles. The highest BCUT2D eigenvalue weighted by molar-refractivity contribution is 6.39. The second kappa shape index (κ2) is 10.2. The summed E-state index contributed by atoms with van der Waals surface area (Å²) in [5.41, 5.74) is 2.53. The lowest BCUT2D eigenvalue weighted by Gasteiger charge is -2.26. The van der Waals surface area contributed by atoms with Crippen molar-refractivity contribution in [2.45, 2.75) is 13.5 Å². The van der Waals surface area contributed by atoms with Crippen molar-refractivity contribution < 1.29 is 23.9 Å². The van der Waals surface area contributed by atoms with Crippen LogP contribution in [-0.2, 0) is 16.2 Å². The van der Waals surface area contributed by atoms with Gasteiger partial charge in [0, 0.05) is 5.02 Å². The highest BCUT2D eigenvalue weighted by atomic mass is 35.5. The van der Waals surface area contributed by atoms with E-state index in [9.17, 15) is 14.4 Å². The summed E-state index contributed by atoms with van der Waals surface area (Å²) in [7, 11) is 1.46. The van der Waals surface area contributed by atoms with Crippen LogP contribution < -0.4 is 19.7 Å². The van der Waals surface area contributed by atoms with E-state index in [1.807, 2.05) is 31.2 Å². The first kappa shape index (κ1) is 24.3. The lowest BCUT2D eigenvalue weighted by atomic mass is 10.1. The Balaban J connectivity index is 1.63. The van der Waals surface area contributed by atoms with Crippen LogP contribution in [-0.4, -0.2) is 25.0 Å². The minimum absolute atomic E-state index is 0.234. The molecule has 1 fully saturated rings. The van der Waals surface area contributed by atoms with Gasteiger partial charge in [-0.15, -0.1) is 0 Å². The summed E-state index contributed by atoms with van der Waals surface area (Å²) in [6.45, 7) is 2.27. The molecule has 0 bridgehead atoms. The van der Waals surface area contributed by atoms with E-state index in [0.717, 1.165) is 16.0 Å². The maximum Gasteiger partial charge on any atom is 0.335 e. The molecule has 0 radical (unpaired) electrons. The van der Waals surface area contributed by atoms with Gasteiger partial charge in [0.25, 0.3) is 11.8 Å². The second-order valence-electron chi connectivity index (χ2n) is 7.74. The highest BCUT2D eigenvalue weighted by Crippen LogP contribution is 2.38. The van der Waals surface area contributed by atoms with E-state index >= 15 is 0 Å². The average molecular weight is 511 g/mol. The van der Waals surface area contributed by atoms with E-state index in [-0.39, 0.29) is 22.9 Å². The number of halogens is 2. The minimum atomic E-state index is -0.852. The number of barbiturate groups is 1. The van der Waals surface area contributed by atoms with Crippen molar-refractivity contribution in [3.8, 4) is 11.5 Å². The van der Waals surface area contributed by atoms with Crippen molar-refractivity contribution >= 4 is 52.8 Å². The number of hydrogen-bond acceptors (Lipinski definition) is 5. The minimum Gasteiger partial charge on any atom is -0.493 e. The second-order valence-corrected chi connectivity index (χ2v) is 8.59. The van der Waals surface area contributed by atoms with E-state index in [1.165, 1.54) is 37.5 Å². The van der Waals surface area contributed by atoms with Crippen molar-refractivity contribution in [3.63, 3.8) is 0 Å². The van der Waals surface area contributed by atoms with E-state index in [2.05, 4.69) is 5.32 Å². The highest BCUT2D eigenvalue weighted by Gasteiger charge is 2.36. The lowest BCUT2D eigenvalue weighted by Crippen LogP contribution is -2.54. The number of methoxy groups -OCH3 is 1. The number of anilines is 1. The number of hydrogen-bond donors (Lipinski definition) is 1. The van der Waals surface area contributed by atoms with E-state index in [1.54, 1.807) is 12.1 Å². The third-order valence-electron chi connectivity index (χ3n) is 5.25. The maximum absolute atomic E-state index is 13.1. The molecular formula is C26H20Cl2N2O5. The number of aryl methyl sites for hydroxylation is 1. The zero-order valence-electron chi connectivity index (χ0n) is 18.8. The molecule has 1 N–H and O–H groups in total. The number of ether oxygens (including phenoxy) is 2. The summed E-state index contributed by atoms with van der Waals surface area (Å²) >= 11 is 12.4. The summed E-state index contributed by atoms with van der Waals surface area (Å²) in [5.74, 6) is -0.948. The number of carbonyl (C=O) groups is 3. The van der Waals surface area contributed by atoms with Crippen LogP contribution in [0.5, 0.6) is 11.5 Å². The van der Waals surface area contributed by atoms with Crippen molar-refractivity contribution in [1.82, 2.24) is 5.32 Å². The van der Waals surface area contributed by atoms with Crippen LogP contribution in [0.15, 0.2) is 66.2 Å². The largest absolute Gasteiger partial charge is 0.493 e. The predicted octanol–water partition coefficient (Wildman–Crippen LogP) is 5.56. The summed E-state index contributed by atoms with van der Waals surface area (Å²) in [5, 5.41) is 2.85. The predicted molar refractivity (Wildman–Crippen MR) is 134 cm³/mol. The SMILES string of the molecule is COc1cc(C=C2C(=O)NC(=O)N(c3ccc(Cl)cc3)C2=O)cc(Cl)c1OCc1ccc(C)cc1. The third kappa shape index (κ3) is 5.31. The van der Waals surface area contributed by atoms with Crippen LogP contribution in [0.3, 0.4) is 0 Å². The van der Waals surface area contributed by atoms with Gasteiger partial charge in [0.15, 0.2) is 11.5 Å². The van der Waals surface area contributed by atoms with E-state index in [4.69, 9.17) is 32.7 Å². The van der Waals surface area contributed by atoms with Gasteiger partial charge < -0.3 is 9.47 Å². The molecule has 9 heteroatoms. The van der Waals surface area contributed by atoms with Gasteiger partial charge in [0.1, 0.15) is 12.2 Å². The molecule has 0 saturated carbocycles. The Bertz CT molecular complexity index is 1340. The van der Waals surface area contributed by atoms with Gasteiger partial charge in [-0.25, -0.2) is 9.69 Å². The molecule has 7 nitrogen and oxygen atoms in total. The fourth-order valence-corrected chi connectivity index (χ4v) is 3.85. The molecule has 0 spiro atoms. The number of rotatable bonds is 6. The quantitative estimate of drug-likeness (QED) is 0.346. The Morgan fingerprint density at radius 1 is 0.971 bits per heavy atom. The van der Waals surface area contributed by atoms with Gasteiger partial charge in [-0.3, -0.25) is 14.9 Å². The molecular weight excluding hydrogens is 491 g/mol. The number of imide groups is 2. The van der Waals surface area contributed by atoms with E-state index < -0.39 is 17.8 Å². The molecule has 35 heavy (non-hydrogen) atoms. The van der Waals surface area contributed by atoms with Crippen LogP contribution in [0.25, 0.3) is 6.08 Å². The van der Waals surface area contributed by atoms with Crippen LogP contribution >= 0.6 is 23.2 Å². The van der Waals surface area contributed by atoms with Crippen LogP contribution in [0.1, 0.15) is 16.7 Å². The summed E-state index contributed by atoms with van der Waals surface area (Å²) < 4.78 is 11.3. The molecule has 3 aromatic rings. The van der Waals surface area contributed by atoms with Crippen molar-refractivity contribution in [3.05, 3.63) is 93.0 Å². The number of nitrogens with zero attached hydrogens (tertiary/aromatic N) is 1. The van der Waals surface area contributed by atoms with Crippen molar-refractivity contribution in [2.75, 3.05) is 12.0 Å². The van der Waals surface area contributed by atoms with Crippen molar-refractivity contribution in [2.24, 2.45) is 0 Å². The Kier molecular flexibility index (Phi) is 7.10. The van der Waals surface area contributed by atoms with Gasteiger partial charge in [-0.2, -0.15) is 0 Å². The van der Waals surface area contributed by atoms with Gasteiger partial charge >= 0.3 is 6.03 Å². The van der Waals surface area contributed by atoms with Crippen LogP contribution in [0.2, 0.25) is 10.0 Å². The van der Waals surface area contributed by atoms with Gasteiger partial charge in [0.05, 0.1) is 17.8 Å². The zero-order chi connectivity index (χ0) is 25.1. The lowest BCUT2D eigenvalue weighted by molar-refractivity contribution is -0.122.